The summed E-state index contributed by atoms with van der Waals surface area (Å²) in [6, 6.07) is 8.29. The molecule has 1 aromatic rings. The molecule has 0 saturated carbocycles. The van der Waals surface area contributed by atoms with Crippen LogP contribution in [-0.2, 0) is 6.42 Å². The molecule has 0 amide bonds. The van der Waals surface area contributed by atoms with E-state index in [2.05, 4.69) is 37.4 Å². The number of benzene rings is 1. The third-order valence-corrected chi connectivity index (χ3v) is 1.69. The molecule has 1 rings (SSSR count). The van der Waals surface area contributed by atoms with Crippen LogP contribution in [0.2, 0.25) is 0 Å². The van der Waals surface area contributed by atoms with Gasteiger partial charge in [0.1, 0.15) is 0 Å². The number of hydrogen-bond donors (Lipinski definition) is 0. The van der Waals surface area contributed by atoms with Crippen LogP contribution in [0.15, 0.2) is 36.6 Å². The zero-order valence-corrected chi connectivity index (χ0v) is 6.80. The van der Waals surface area contributed by atoms with E-state index < -0.39 is 0 Å². The molecular formula is C11H12. The van der Waals surface area contributed by atoms with Gasteiger partial charge in [0.15, 0.2) is 0 Å². The van der Waals surface area contributed by atoms with Gasteiger partial charge in [-0.1, -0.05) is 37.8 Å². The molecule has 0 radical (unpaired) electrons. The van der Waals surface area contributed by atoms with E-state index in [1.54, 1.807) is 0 Å². The van der Waals surface area contributed by atoms with E-state index >= 15 is 0 Å². The molecular weight excluding hydrogens is 132 g/mol. The Balaban J connectivity index is 3.11. The van der Waals surface area contributed by atoms with Crippen LogP contribution < -0.4 is 0 Å². The van der Waals surface area contributed by atoms with Gasteiger partial charge in [0.2, 0.25) is 0 Å². The molecule has 0 fully saturated rings. The van der Waals surface area contributed by atoms with Crippen molar-refractivity contribution in [1.82, 2.24) is 0 Å². The summed E-state index contributed by atoms with van der Waals surface area (Å²) in [6.07, 6.45) is 2.98. The smallest absolute Gasteiger partial charge is 0.0131 e. The van der Waals surface area contributed by atoms with Crippen molar-refractivity contribution < 1.29 is 0 Å². The maximum atomic E-state index is 3.55. The molecule has 0 aliphatic heterocycles. The first-order chi connectivity index (χ1) is 5.38. The molecule has 0 unspecified atom stereocenters. The number of aryl methyl sites for hydroxylation is 1. The normalized spacial score (nSPS) is 8.82. The van der Waals surface area contributed by atoms with E-state index in [0.29, 0.717) is 0 Å². The highest BCUT2D eigenvalue weighted by Crippen LogP contribution is 2.09. The van der Waals surface area contributed by atoms with Gasteiger partial charge in [-0.25, -0.2) is 0 Å². The second-order valence-corrected chi connectivity index (χ2v) is 2.40. The Hall–Kier alpha value is -1.26. The highest BCUT2D eigenvalue weighted by atomic mass is 14.0. The molecule has 0 spiro atoms. The quantitative estimate of drug-likeness (QED) is 0.560. The van der Waals surface area contributed by atoms with Gasteiger partial charge in [-0.3, -0.25) is 0 Å². The first kappa shape index (κ1) is 7.84. The van der Waals surface area contributed by atoms with Crippen LogP contribution >= 0.6 is 0 Å². The zero-order valence-electron chi connectivity index (χ0n) is 6.80. The van der Waals surface area contributed by atoms with Crippen LogP contribution in [0.1, 0.15) is 18.1 Å². The molecule has 0 atom stereocenters. The van der Waals surface area contributed by atoms with Crippen molar-refractivity contribution in [2.24, 2.45) is 0 Å². The Bertz CT molecular complexity index is 278. The molecule has 1 aromatic carbocycles. The van der Waals surface area contributed by atoms with E-state index in [-0.39, 0.29) is 0 Å². The molecule has 0 N–H and O–H groups in total. The van der Waals surface area contributed by atoms with Crippen LogP contribution in [-0.4, -0.2) is 0 Å². The Morgan fingerprint density at radius 3 is 2.82 bits per heavy atom. The maximum absolute atomic E-state index is 3.55. The van der Waals surface area contributed by atoms with Gasteiger partial charge < -0.3 is 0 Å². The van der Waals surface area contributed by atoms with Gasteiger partial charge in [0, 0.05) is 0 Å². The average molecular weight is 144 g/mol. The summed E-state index contributed by atoms with van der Waals surface area (Å²) in [7, 11) is 0. The minimum atomic E-state index is 1.06. The topological polar surface area (TPSA) is 0 Å². The SMILES string of the molecule is C=C=Cc1ccccc1CC. The van der Waals surface area contributed by atoms with Crippen molar-refractivity contribution in [1.29, 1.82) is 0 Å². The molecule has 0 nitrogen and oxygen atoms in total. The Morgan fingerprint density at radius 1 is 1.45 bits per heavy atom. The molecule has 0 saturated heterocycles. The van der Waals surface area contributed by atoms with Crippen molar-refractivity contribution in [2.75, 3.05) is 0 Å². The molecule has 0 aromatic heterocycles. The molecule has 56 valence electrons. The summed E-state index contributed by atoms with van der Waals surface area (Å²) in [5, 5.41) is 0. The lowest BCUT2D eigenvalue weighted by Gasteiger charge is -1.99. The minimum absolute atomic E-state index is 1.06. The third kappa shape index (κ3) is 1.83. The summed E-state index contributed by atoms with van der Waals surface area (Å²) >= 11 is 0. The molecule has 0 heterocycles. The largest absolute Gasteiger partial charge is 0.128 e. The van der Waals surface area contributed by atoms with Crippen molar-refractivity contribution in [3.05, 3.63) is 47.7 Å². The summed E-state index contributed by atoms with van der Waals surface area (Å²) in [5.74, 6) is 0. The van der Waals surface area contributed by atoms with Crippen molar-refractivity contribution >= 4 is 6.08 Å². The highest BCUT2D eigenvalue weighted by Gasteiger charge is 1.92. The first-order valence-electron chi connectivity index (χ1n) is 3.82. The fourth-order valence-electron chi connectivity index (χ4n) is 1.11. The Morgan fingerprint density at radius 2 is 2.18 bits per heavy atom. The van der Waals surface area contributed by atoms with Crippen molar-refractivity contribution in [3.63, 3.8) is 0 Å². The lowest BCUT2D eigenvalue weighted by atomic mass is 10.1. The number of hydrogen-bond acceptors (Lipinski definition) is 0. The van der Waals surface area contributed by atoms with E-state index in [9.17, 15) is 0 Å². The lowest BCUT2D eigenvalue weighted by molar-refractivity contribution is 1.13. The Kier molecular flexibility index (Phi) is 2.71. The first-order valence-corrected chi connectivity index (χ1v) is 3.82. The van der Waals surface area contributed by atoms with E-state index in [4.69, 9.17) is 0 Å². The van der Waals surface area contributed by atoms with Crippen LogP contribution in [0.25, 0.3) is 6.08 Å². The molecule has 0 aliphatic rings. The van der Waals surface area contributed by atoms with Gasteiger partial charge in [0.05, 0.1) is 0 Å². The maximum Gasteiger partial charge on any atom is -0.0131 e. The summed E-state index contributed by atoms with van der Waals surface area (Å²) in [4.78, 5) is 0. The van der Waals surface area contributed by atoms with Crippen molar-refractivity contribution in [2.45, 2.75) is 13.3 Å². The lowest BCUT2D eigenvalue weighted by Crippen LogP contribution is -1.83. The molecule has 0 bridgehead atoms. The second kappa shape index (κ2) is 3.80. The predicted octanol–water partition coefficient (Wildman–Crippen LogP) is 3.05. The monoisotopic (exact) mass is 144 g/mol. The van der Waals surface area contributed by atoms with Gasteiger partial charge in [-0.2, -0.15) is 0 Å². The van der Waals surface area contributed by atoms with Gasteiger partial charge in [-0.05, 0) is 23.6 Å². The number of rotatable bonds is 2. The summed E-state index contributed by atoms with van der Waals surface area (Å²) in [6.45, 7) is 5.70. The average Bonchev–Trinajstić information content (AvgIpc) is 2.06. The Labute approximate surface area is 67.9 Å². The van der Waals surface area contributed by atoms with Gasteiger partial charge in [0.25, 0.3) is 0 Å². The third-order valence-electron chi connectivity index (χ3n) is 1.69. The van der Waals surface area contributed by atoms with E-state index in [1.807, 2.05) is 12.1 Å². The van der Waals surface area contributed by atoms with Crippen LogP contribution in [0.4, 0.5) is 0 Å². The molecule has 11 heavy (non-hydrogen) atoms. The fraction of sp³-hybridized carbons (Fsp3) is 0.182. The summed E-state index contributed by atoms with van der Waals surface area (Å²) in [5.41, 5.74) is 5.36. The van der Waals surface area contributed by atoms with Crippen LogP contribution in [0, 0.1) is 0 Å². The predicted molar refractivity (Wildman–Crippen MR) is 49.4 cm³/mol. The van der Waals surface area contributed by atoms with Crippen LogP contribution in [0.5, 0.6) is 0 Å². The molecule has 0 heteroatoms. The standard InChI is InChI=1S/C11H12/c1-3-7-11-9-6-5-8-10(11)4-2/h5-9H,1,4H2,2H3. The molecule has 0 aliphatic carbocycles. The summed E-state index contributed by atoms with van der Waals surface area (Å²) < 4.78 is 0. The fourth-order valence-corrected chi connectivity index (χ4v) is 1.11. The van der Waals surface area contributed by atoms with Crippen LogP contribution in [0.3, 0.4) is 0 Å². The van der Waals surface area contributed by atoms with Gasteiger partial charge >= 0.3 is 0 Å². The second-order valence-electron chi connectivity index (χ2n) is 2.40. The van der Waals surface area contributed by atoms with Gasteiger partial charge in [-0.15, -0.1) is 5.73 Å². The zero-order chi connectivity index (χ0) is 8.10. The highest BCUT2D eigenvalue weighted by molar-refractivity contribution is 5.52. The minimum Gasteiger partial charge on any atom is -0.128 e. The van der Waals surface area contributed by atoms with E-state index in [1.165, 1.54) is 11.1 Å². The van der Waals surface area contributed by atoms with Crippen molar-refractivity contribution in [3.8, 4) is 0 Å². The van der Waals surface area contributed by atoms with E-state index in [0.717, 1.165) is 6.42 Å².